The van der Waals surface area contributed by atoms with E-state index >= 15 is 0 Å². The summed E-state index contributed by atoms with van der Waals surface area (Å²) in [5.41, 5.74) is 1.88. The van der Waals surface area contributed by atoms with Crippen LogP contribution in [0, 0.1) is 35.5 Å². The van der Waals surface area contributed by atoms with Crippen LogP contribution in [0.5, 0.6) is 5.75 Å². The molecule has 2 bridgehead atoms. The van der Waals surface area contributed by atoms with Gasteiger partial charge in [0, 0.05) is 0 Å². The summed E-state index contributed by atoms with van der Waals surface area (Å²) < 4.78 is 6.68. The quantitative estimate of drug-likeness (QED) is 0.364. The van der Waals surface area contributed by atoms with Gasteiger partial charge in [-0.25, -0.2) is 0 Å². The Balaban J connectivity index is 1.16. The Kier molecular flexibility index (Phi) is 4.39. The average molecular weight is 477 g/mol. The first-order valence-corrected chi connectivity index (χ1v) is 11.5. The zero-order valence-electron chi connectivity index (χ0n) is 16.7. The molecule has 7 rings (SSSR count). The molecule has 0 N–H and O–H groups in total. The first-order valence-electron chi connectivity index (χ1n) is 10.7. The Bertz CT molecular complexity index is 1090. The standard InChI is InChI=1S/C25H21BrN2O3/c26-20-10-15(6-9-21(20)31-13-14-4-2-1-3-5-14)12-27-28-24(29)22-16-7-8-17(19-11-18(16)19)23(22)25(28)30/h1-10,12,16-19,22-23H,11,13H2/b27-12-/t16-,17-,18-,19+,22+,23+/m1/s1. The zero-order chi connectivity index (χ0) is 21.1. The highest BCUT2D eigenvalue weighted by molar-refractivity contribution is 9.10. The van der Waals surface area contributed by atoms with Crippen LogP contribution in [0.2, 0.25) is 0 Å². The fourth-order valence-corrected chi connectivity index (χ4v) is 6.14. The Morgan fingerprint density at radius 2 is 1.68 bits per heavy atom. The molecule has 2 saturated carbocycles. The van der Waals surface area contributed by atoms with Crippen LogP contribution in [0.4, 0.5) is 0 Å². The average Bonchev–Trinajstić information content (AvgIpc) is 3.57. The van der Waals surface area contributed by atoms with Crippen LogP contribution in [0.25, 0.3) is 0 Å². The van der Waals surface area contributed by atoms with Crippen LogP contribution in [0.1, 0.15) is 17.5 Å². The second-order valence-corrected chi connectivity index (χ2v) is 9.71. The number of imide groups is 1. The van der Waals surface area contributed by atoms with Gasteiger partial charge in [0.15, 0.2) is 0 Å². The van der Waals surface area contributed by atoms with Crippen molar-refractivity contribution < 1.29 is 14.3 Å². The summed E-state index contributed by atoms with van der Waals surface area (Å²) >= 11 is 3.54. The molecule has 2 amide bonds. The number of nitrogens with zero attached hydrogens (tertiary/aromatic N) is 2. The van der Waals surface area contributed by atoms with Gasteiger partial charge in [-0.1, -0.05) is 42.5 Å². The highest BCUT2D eigenvalue weighted by atomic mass is 79.9. The Morgan fingerprint density at radius 3 is 2.32 bits per heavy atom. The molecular weight excluding hydrogens is 456 g/mol. The number of benzene rings is 2. The number of allylic oxidation sites excluding steroid dienone is 2. The lowest BCUT2D eigenvalue weighted by atomic mass is 9.63. The van der Waals surface area contributed by atoms with E-state index in [1.165, 1.54) is 0 Å². The molecule has 0 unspecified atom stereocenters. The van der Waals surface area contributed by atoms with Crippen LogP contribution in [-0.2, 0) is 16.2 Å². The Morgan fingerprint density at radius 1 is 1.00 bits per heavy atom. The Labute approximate surface area is 188 Å². The predicted octanol–water partition coefficient (Wildman–Crippen LogP) is 4.42. The topological polar surface area (TPSA) is 59.0 Å². The second-order valence-electron chi connectivity index (χ2n) is 8.85. The lowest BCUT2D eigenvalue weighted by Gasteiger charge is -2.37. The van der Waals surface area contributed by atoms with Crippen molar-refractivity contribution in [2.45, 2.75) is 13.0 Å². The molecule has 4 aliphatic carbocycles. The first-order chi connectivity index (χ1) is 15.1. The van der Waals surface area contributed by atoms with Crippen molar-refractivity contribution in [2.75, 3.05) is 0 Å². The van der Waals surface area contributed by atoms with Crippen LogP contribution in [0.15, 0.2) is 70.3 Å². The molecule has 3 fully saturated rings. The van der Waals surface area contributed by atoms with Gasteiger partial charge >= 0.3 is 0 Å². The van der Waals surface area contributed by atoms with E-state index in [-0.39, 0.29) is 35.5 Å². The predicted molar refractivity (Wildman–Crippen MR) is 119 cm³/mol. The molecule has 6 heteroatoms. The van der Waals surface area contributed by atoms with Crippen LogP contribution >= 0.6 is 15.9 Å². The molecular formula is C25H21BrN2O3. The number of rotatable bonds is 5. The van der Waals surface area contributed by atoms with E-state index in [2.05, 4.69) is 33.2 Å². The minimum atomic E-state index is -0.219. The molecule has 2 aromatic rings. The fraction of sp³-hybridized carbons (Fsp3) is 0.320. The molecule has 156 valence electrons. The van der Waals surface area contributed by atoms with E-state index in [4.69, 9.17) is 4.74 Å². The summed E-state index contributed by atoms with van der Waals surface area (Å²) in [7, 11) is 0. The number of carbonyl (C=O) groups is 2. The van der Waals surface area contributed by atoms with Crippen LogP contribution in [0.3, 0.4) is 0 Å². The van der Waals surface area contributed by atoms with Crippen molar-refractivity contribution in [3.63, 3.8) is 0 Å². The molecule has 1 heterocycles. The van der Waals surface area contributed by atoms with E-state index in [9.17, 15) is 9.59 Å². The van der Waals surface area contributed by atoms with Crippen molar-refractivity contribution >= 4 is 34.0 Å². The largest absolute Gasteiger partial charge is 0.488 e. The number of halogens is 1. The van der Waals surface area contributed by atoms with Crippen molar-refractivity contribution in [1.29, 1.82) is 0 Å². The highest BCUT2D eigenvalue weighted by Gasteiger charge is 2.67. The third-order valence-corrected chi connectivity index (χ3v) is 7.77. The van der Waals surface area contributed by atoms with Gasteiger partial charge in [-0.2, -0.15) is 10.1 Å². The maximum absolute atomic E-state index is 13.0. The van der Waals surface area contributed by atoms with Crippen molar-refractivity contribution in [3.05, 3.63) is 76.3 Å². The normalized spacial score (nSPS) is 32.5. The molecule has 0 spiro atoms. The minimum absolute atomic E-state index is 0.141. The molecule has 5 aliphatic rings. The summed E-state index contributed by atoms with van der Waals surface area (Å²) in [5, 5.41) is 5.41. The zero-order valence-corrected chi connectivity index (χ0v) is 18.3. The molecule has 31 heavy (non-hydrogen) atoms. The van der Waals surface area contributed by atoms with Gasteiger partial charge < -0.3 is 4.74 Å². The van der Waals surface area contributed by atoms with Gasteiger partial charge in [0.05, 0.1) is 22.5 Å². The number of hydrazone groups is 1. The first kappa shape index (κ1) is 19.0. The molecule has 5 nitrogen and oxygen atoms in total. The molecule has 1 saturated heterocycles. The monoisotopic (exact) mass is 476 g/mol. The molecule has 0 aromatic heterocycles. The second kappa shape index (κ2) is 7.16. The summed E-state index contributed by atoms with van der Waals surface area (Å²) in [5.74, 6) is 1.62. The lowest BCUT2D eigenvalue weighted by Crippen LogP contribution is -2.40. The van der Waals surface area contributed by atoms with E-state index in [1.807, 2.05) is 48.5 Å². The number of ether oxygens (including phenoxy) is 1. The smallest absolute Gasteiger partial charge is 0.254 e. The van der Waals surface area contributed by atoms with Crippen molar-refractivity contribution in [2.24, 2.45) is 40.6 Å². The minimum Gasteiger partial charge on any atom is -0.488 e. The third-order valence-electron chi connectivity index (χ3n) is 7.15. The van der Waals surface area contributed by atoms with Gasteiger partial charge in [0.1, 0.15) is 12.4 Å². The Hall–Kier alpha value is -2.73. The number of hydrogen-bond acceptors (Lipinski definition) is 4. The summed E-state index contributed by atoms with van der Waals surface area (Å²) in [6.07, 6.45) is 7.08. The summed E-state index contributed by atoms with van der Waals surface area (Å²) in [4.78, 5) is 26.0. The number of amides is 2. The highest BCUT2D eigenvalue weighted by Crippen LogP contribution is 2.65. The number of hydrogen-bond donors (Lipinski definition) is 0. The molecule has 0 radical (unpaired) electrons. The van der Waals surface area contributed by atoms with E-state index in [0.717, 1.165) is 32.8 Å². The lowest BCUT2D eigenvalue weighted by molar-refractivity contribution is -0.140. The van der Waals surface area contributed by atoms with Gasteiger partial charge in [-0.15, -0.1) is 0 Å². The van der Waals surface area contributed by atoms with Gasteiger partial charge in [-0.05, 0) is 75.3 Å². The molecule has 2 aromatic carbocycles. The van der Waals surface area contributed by atoms with Crippen molar-refractivity contribution in [3.8, 4) is 5.75 Å². The molecule has 1 aliphatic heterocycles. The summed E-state index contributed by atoms with van der Waals surface area (Å²) in [6, 6.07) is 15.6. The van der Waals surface area contributed by atoms with Gasteiger partial charge in [0.25, 0.3) is 11.8 Å². The van der Waals surface area contributed by atoms with Crippen LogP contribution < -0.4 is 4.74 Å². The maximum atomic E-state index is 13.0. The van der Waals surface area contributed by atoms with Crippen LogP contribution in [-0.4, -0.2) is 23.0 Å². The SMILES string of the molecule is O=C1[C@H]2[C@@H]3C=C[C@H]([C@@H]4C[C@H]34)[C@@H]2C(=O)N1/N=C\c1ccc(OCc2ccccc2)c(Br)c1. The van der Waals surface area contributed by atoms with E-state index in [1.54, 1.807) is 6.21 Å². The van der Waals surface area contributed by atoms with Gasteiger partial charge in [-0.3, -0.25) is 9.59 Å². The van der Waals surface area contributed by atoms with E-state index < -0.39 is 0 Å². The third kappa shape index (κ3) is 3.07. The maximum Gasteiger partial charge on any atom is 0.254 e. The summed E-state index contributed by atoms with van der Waals surface area (Å²) in [6.45, 7) is 0.477. The fourth-order valence-electron chi connectivity index (χ4n) is 5.63. The van der Waals surface area contributed by atoms with E-state index in [0.29, 0.717) is 18.4 Å². The van der Waals surface area contributed by atoms with Crippen molar-refractivity contribution in [1.82, 2.24) is 5.01 Å². The van der Waals surface area contributed by atoms with Gasteiger partial charge in [0.2, 0.25) is 0 Å². The number of carbonyl (C=O) groups excluding carboxylic acids is 2. The molecule has 6 atom stereocenters.